The van der Waals surface area contributed by atoms with Crippen molar-refractivity contribution in [3.63, 3.8) is 0 Å². The van der Waals surface area contributed by atoms with Gasteiger partial charge in [0.25, 0.3) is 0 Å². The van der Waals surface area contributed by atoms with E-state index in [1.54, 1.807) is 5.32 Å². The average Bonchev–Trinajstić information content (AvgIpc) is 2.39. The second kappa shape index (κ2) is 6.17. The van der Waals surface area contributed by atoms with Gasteiger partial charge in [-0.2, -0.15) is 8.78 Å². The summed E-state index contributed by atoms with van der Waals surface area (Å²) in [4.78, 5) is 11.1. The molecule has 0 aliphatic carbocycles. The number of benzene rings is 1. The van der Waals surface area contributed by atoms with Crippen molar-refractivity contribution in [1.82, 2.24) is 0 Å². The molecular weight excluding hydrogens is 306 g/mol. The van der Waals surface area contributed by atoms with Gasteiger partial charge in [0, 0.05) is 12.1 Å². The molecule has 0 aliphatic rings. The monoisotopic (exact) mass is 315 g/mol. The lowest BCUT2D eigenvalue weighted by atomic mass is 10.2. The second-order valence-electron chi connectivity index (χ2n) is 3.56. The number of carbonyl (C=O) groups is 1. The molecule has 1 amide bonds. The van der Waals surface area contributed by atoms with E-state index >= 15 is 0 Å². The van der Waals surface area contributed by atoms with Gasteiger partial charge in [0.05, 0.1) is 24.9 Å². The maximum absolute atomic E-state index is 12.8. The summed E-state index contributed by atoms with van der Waals surface area (Å²) < 4.78 is 59.5. The Morgan fingerprint density at radius 1 is 1.25 bits per heavy atom. The SMILES string of the molecule is COc1cc(Cl)c(NC(=O)C(F)(F)C(F)F)cc1OC. The summed E-state index contributed by atoms with van der Waals surface area (Å²) in [6.45, 7) is 0. The largest absolute Gasteiger partial charge is 0.493 e. The summed E-state index contributed by atoms with van der Waals surface area (Å²) in [6, 6.07) is 2.27. The molecule has 0 bridgehead atoms. The van der Waals surface area contributed by atoms with Crippen LogP contribution < -0.4 is 14.8 Å². The van der Waals surface area contributed by atoms with Crippen molar-refractivity contribution in [1.29, 1.82) is 0 Å². The standard InChI is InChI=1S/C11H10ClF4NO3/c1-19-7-3-5(12)6(4-8(7)20-2)17-10(18)11(15,16)9(13)14/h3-4,9H,1-2H3,(H,17,18). The summed E-state index contributed by atoms with van der Waals surface area (Å²) in [5.74, 6) is -6.71. The fourth-order valence-electron chi connectivity index (χ4n) is 1.25. The Morgan fingerprint density at radius 3 is 2.20 bits per heavy atom. The highest BCUT2D eigenvalue weighted by molar-refractivity contribution is 6.34. The zero-order valence-corrected chi connectivity index (χ0v) is 11.1. The average molecular weight is 316 g/mol. The minimum atomic E-state index is -4.82. The number of hydrogen-bond acceptors (Lipinski definition) is 3. The van der Waals surface area contributed by atoms with E-state index in [9.17, 15) is 22.4 Å². The van der Waals surface area contributed by atoms with E-state index in [1.807, 2.05) is 0 Å². The van der Waals surface area contributed by atoms with Crippen molar-refractivity contribution < 1.29 is 31.8 Å². The number of rotatable bonds is 5. The highest BCUT2D eigenvalue weighted by Crippen LogP contribution is 2.37. The lowest BCUT2D eigenvalue weighted by Gasteiger charge is -2.17. The van der Waals surface area contributed by atoms with Gasteiger partial charge in [-0.05, 0) is 0 Å². The lowest BCUT2D eigenvalue weighted by Crippen LogP contribution is -2.41. The van der Waals surface area contributed by atoms with Gasteiger partial charge in [-0.25, -0.2) is 8.78 Å². The molecule has 0 radical (unpaired) electrons. The van der Waals surface area contributed by atoms with Crippen LogP contribution in [0, 0.1) is 0 Å². The first-order valence-corrected chi connectivity index (χ1v) is 5.50. The molecule has 0 saturated carbocycles. The first-order valence-electron chi connectivity index (χ1n) is 5.13. The molecule has 0 fully saturated rings. The van der Waals surface area contributed by atoms with Crippen LogP contribution in [0.2, 0.25) is 5.02 Å². The van der Waals surface area contributed by atoms with E-state index in [0.29, 0.717) is 0 Å². The lowest BCUT2D eigenvalue weighted by molar-refractivity contribution is -0.163. The number of carbonyl (C=O) groups excluding carboxylic acids is 1. The predicted octanol–water partition coefficient (Wildman–Crippen LogP) is 3.20. The first-order chi connectivity index (χ1) is 9.23. The smallest absolute Gasteiger partial charge is 0.383 e. The maximum atomic E-state index is 12.8. The molecule has 1 N–H and O–H groups in total. The predicted molar refractivity (Wildman–Crippen MR) is 64.1 cm³/mol. The molecule has 1 aromatic rings. The summed E-state index contributed by atoms with van der Waals surface area (Å²) in [5, 5.41) is 1.46. The fourth-order valence-corrected chi connectivity index (χ4v) is 1.46. The molecule has 0 aromatic heterocycles. The third-order valence-electron chi connectivity index (χ3n) is 2.30. The van der Waals surface area contributed by atoms with Gasteiger partial charge in [-0.1, -0.05) is 11.6 Å². The van der Waals surface area contributed by atoms with E-state index in [-0.39, 0.29) is 22.2 Å². The number of hydrogen-bond donors (Lipinski definition) is 1. The quantitative estimate of drug-likeness (QED) is 0.849. The van der Waals surface area contributed by atoms with Crippen LogP contribution >= 0.6 is 11.6 Å². The van der Waals surface area contributed by atoms with Crippen LogP contribution in [-0.4, -0.2) is 32.5 Å². The Kier molecular flexibility index (Phi) is 5.04. The molecule has 0 spiro atoms. The minimum absolute atomic E-state index is 0.0903. The van der Waals surface area contributed by atoms with Crippen molar-refractivity contribution in [2.45, 2.75) is 12.3 Å². The summed E-state index contributed by atoms with van der Waals surface area (Å²) in [5.41, 5.74) is -0.297. The van der Waals surface area contributed by atoms with E-state index in [4.69, 9.17) is 21.1 Å². The van der Waals surface area contributed by atoms with Gasteiger partial charge in [-0.15, -0.1) is 0 Å². The van der Waals surface area contributed by atoms with Crippen LogP contribution in [0.25, 0.3) is 0 Å². The van der Waals surface area contributed by atoms with Crippen LogP contribution in [0.15, 0.2) is 12.1 Å². The van der Waals surface area contributed by atoms with Gasteiger partial charge in [-0.3, -0.25) is 4.79 Å². The van der Waals surface area contributed by atoms with Crippen molar-refractivity contribution in [2.24, 2.45) is 0 Å². The van der Waals surface area contributed by atoms with Crippen molar-refractivity contribution in [3.05, 3.63) is 17.2 Å². The Labute approximate surface area is 116 Å². The molecular formula is C11H10ClF4NO3. The molecule has 0 aliphatic heterocycles. The minimum Gasteiger partial charge on any atom is -0.493 e. The van der Waals surface area contributed by atoms with Gasteiger partial charge in [0.2, 0.25) is 0 Å². The highest BCUT2D eigenvalue weighted by atomic mass is 35.5. The second-order valence-corrected chi connectivity index (χ2v) is 3.97. The zero-order chi connectivity index (χ0) is 15.5. The van der Waals surface area contributed by atoms with Gasteiger partial charge >= 0.3 is 18.3 Å². The van der Waals surface area contributed by atoms with Crippen molar-refractivity contribution in [2.75, 3.05) is 19.5 Å². The number of ether oxygens (including phenoxy) is 2. The summed E-state index contributed by atoms with van der Waals surface area (Å²) in [7, 11) is 2.59. The molecule has 20 heavy (non-hydrogen) atoms. The molecule has 0 unspecified atom stereocenters. The van der Waals surface area contributed by atoms with E-state index in [1.165, 1.54) is 20.3 Å². The number of anilines is 1. The number of amides is 1. The third-order valence-corrected chi connectivity index (χ3v) is 2.61. The van der Waals surface area contributed by atoms with Crippen LogP contribution in [0.3, 0.4) is 0 Å². The maximum Gasteiger partial charge on any atom is 0.383 e. The molecule has 112 valence electrons. The van der Waals surface area contributed by atoms with Gasteiger partial charge in [0.15, 0.2) is 11.5 Å². The molecule has 0 atom stereocenters. The molecule has 0 saturated heterocycles. The Morgan fingerprint density at radius 2 is 1.75 bits per heavy atom. The van der Waals surface area contributed by atoms with E-state index in [0.717, 1.165) is 6.07 Å². The fraction of sp³-hybridized carbons (Fsp3) is 0.364. The van der Waals surface area contributed by atoms with Gasteiger partial charge in [0.1, 0.15) is 0 Å². The Bertz CT molecular complexity index is 511. The summed E-state index contributed by atoms with van der Waals surface area (Å²) in [6.07, 6.45) is -4.12. The molecule has 1 rings (SSSR count). The third kappa shape index (κ3) is 3.24. The summed E-state index contributed by atoms with van der Waals surface area (Å²) >= 11 is 5.73. The topological polar surface area (TPSA) is 47.6 Å². The normalized spacial score (nSPS) is 11.4. The number of methoxy groups -OCH3 is 2. The highest BCUT2D eigenvalue weighted by Gasteiger charge is 2.49. The van der Waals surface area contributed by atoms with Crippen LogP contribution in [0.4, 0.5) is 23.2 Å². The zero-order valence-electron chi connectivity index (χ0n) is 10.3. The molecule has 1 aromatic carbocycles. The Balaban J connectivity index is 3.07. The van der Waals surface area contributed by atoms with E-state index in [2.05, 4.69) is 0 Å². The van der Waals surface area contributed by atoms with Crippen LogP contribution in [0.1, 0.15) is 0 Å². The Hall–Kier alpha value is -1.70. The number of nitrogens with one attached hydrogen (secondary N) is 1. The van der Waals surface area contributed by atoms with Crippen LogP contribution in [0.5, 0.6) is 11.5 Å². The van der Waals surface area contributed by atoms with Crippen LogP contribution in [-0.2, 0) is 4.79 Å². The van der Waals surface area contributed by atoms with Crippen molar-refractivity contribution in [3.8, 4) is 11.5 Å². The molecule has 9 heteroatoms. The molecule has 4 nitrogen and oxygen atoms in total. The van der Waals surface area contributed by atoms with E-state index < -0.39 is 18.3 Å². The molecule has 0 heterocycles. The number of alkyl halides is 4. The van der Waals surface area contributed by atoms with Crippen molar-refractivity contribution >= 4 is 23.2 Å². The number of halogens is 5. The van der Waals surface area contributed by atoms with Gasteiger partial charge < -0.3 is 14.8 Å². The first kappa shape index (κ1) is 16.4.